The lowest BCUT2D eigenvalue weighted by atomic mass is 9.93. The van der Waals surface area contributed by atoms with E-state index in [1.165, 1.54) is 0 Å². The smallest absolute Gasteiger partial charge is 0.211 e. The number of aryl methyl sites for hydroxylation is 2. The molecule has 6 nitrogen and oxygen atoms in total. The summed E-state index contributed by atoms with van der Waals surface area (Å²) in [5.41, 5.74) is 1.29. The van der Waals surface area contributed by atoms with Crippen LogP contribution in [0.2, 0.25) is 0 Å². The summed E-state index contributed by atoms with van der Waals surface area (Å²) in [6.07, 6.45) is 3.21. The molecule has 0 aromatic heterocycles. The average molecular weight is 449 g/mol. The summed E-state index contributed by atoms with van der Waals surface area (Å²) in [6.45, 7) is 11.2. The van der Waals surface area contributed by atoms with Gasteiger partial charge in [-0.1, -0.05) is 48.6 Å². The van der Waals surface area contributed by atoms with Crippen LogP contribution in [0.3, 0.4) is 0 Å². The minimum Gasteiger partial charge on any atom is -0.211 e. The highest BCUT2D eigenvalue weighted by molar-refractivity contribution is 7.89. The van der Waals surface area contributed by atoms with Gasteiger partial charge in [-0.3, -0.25) is 0 Å². The predicted octanol–water partition coefficient (Wildman–Crippen LogP) is 3.16. The Balaban J connectivity index is 2.09. The number of hydrogen-bond donors (Lipinski definition) is 2. The van der Waals surface area contributed by atoms with Gasteiger partial charge in [0, 0.05) is 13.1 Å². The van der Waals surface area contributed by atoms with Crippen molar-refractivity contribution in [2.24, 2.45) is 11.8 Å². The molecule has 0 bridgehead atoms. The van der Waals surface area contributed by atoms with Crippen LogP contribution in [0.25, 0.3) is 0 Å². The molecule has 8 heteroatoms. The topological polar surface area (TPSA) is 92.3 Å². The maximum Gasteiger partial charge on any atom is 0.240 e. The quantitative estimate of drug-likeness (QED) is 0.517. The molecule has 0 heterocycles. The van der Waals surface area contributed by atoms with E-state index in [0.29, 0.717) is 11.1 Å². The highest BCUT2D eigenvalue weighted by Gasteiger charge is 2.23. The van der Waals surface area contributed by atoms with Gasteiger partial charge in [0.05, 0.1) is 9.79 Å². The third kappa shape index (κ3) is 5.89. The number of rotatable bonds is 11. The molecule has 0 radical (unpaired) electrons. The molecule has 0 unspecified atom stereocenters. The Bertz CT molecular complexity index is 1020. The van der Waals surface area contributed by atoms with Gasteiger partial charge in [-0.2, -0.15) is 0 Å². The van der Waals surface area contributed by atoms with E-state index in [0.717, 1.165) is 0 Å². The lowest BCUT2D eigenvalue weighted by Crippen LogP contribution is -2.37. The van der Waals surface area contributed by atoms with E-state index >= 15 is 0 Å². The normalized spacial score (nSPS) is 14.1. The second kappa shape index (κ2) is 10.2. The van der Waals surface area contributed by atoms with Gasteiger partial charge in [0.15, 0.2) is 0 Å². The highest BCUT2D eigenvalue weighted by Crippen LogP contribution is 2.19. The van der Waals surface area contributed by atoms with Gasteiger partial charge in [-0.05, 0) is 48.9 Å². The zero-order valence-electron chi connectivity index (χ0n) is 17.2. The van der Waals surface area contributed by atoms with E-state index in [1.54, 1.807) is 74.5 Å². The molecule has 2 aromatic rings. The first-order valence-corrected chi connectivity index (χ1v) is 12.4. The van der Waals surface area contributed by atoms with Crippen LogP contribution in [0.1, 0.15) is 11.1 Å². The van der Waals surface area contributed by atoms with Crippen LogP contribution in [0, 0.1) is 25.7 Å². The molecule has 162 valence electrons. The Labute approximate surface area is 179 Å². The van der Waals surface area contributed by atoms with Crippen molar-refractivity contribution in [1.29, 1.82) is 0 Å². The van der Waals surface area contributed by atoms with Crippen molar-refractivity contribution >= 4 is 20.0 Å². The SMILES string of the molecule is C=C[C@H](CNS(=O)(=O)c1ccccc1C)[C@H](C=C)CNS(=O)(=O)c1ccccc1C. The van der Waals surface area contributed by atoms with Gasteiger partial charge in [-0.25, -0.2) is 26.3 Å². The molecule has 2 aromatic carbocycles. The molecule has 0 saturated heterocycles. The van der Waals surface area contributed by atoms with Crippen LogP contribution in [0.5, 0.6) is 0 Å². The molecule has 0 aliphatic rings. The Morgan fingerprint density at radius 2 is 1.07 bits per heavy atom. The molecule has 30 heavy (non-hydrogen) atoms. The third-order valence-electron chi connectivity index (χ3n) is 4.94. The lowest BCUT2D eigenvalue weighted by Gasteiger charge is -2.23. The Morgan fingerprint density at radius 1 is 0.733 bits per heavy atom. The fraction of sp³-hybridized carbons (Fsp3) is 0.273. The maximum atomic E-state index is 12.6. The lowest BCUT2D eigenvalue weighted by molar-refractivity contribution is 0.457. The maximum absolute atomic E-state index is 12.6. The molecule has 0 spiro atoms. The summed E-state index contributed by atoms with van der Waals surface area (Å²) in [5, 5.41) is 0. The second-order valence-electron chi connectivity index (χ2n) is 7.03. The van der Waals surface area contributed by atoms with Gasteiger partial charge >= 0.3 is 0 Å². The molecule has 0 aliphatic carbocycles. The van der Waals surface area contributed by atoms with E-state index in [9.17, 15) is 16.8 Å². The van der Waals surface area contributed by atoms with Crippen molar-refractivity contribution in [3.63, 3.8) is 0 Å². The van der Waals surface area contributed by atoms with Crippen LogP contribution in [0.15, 0.2) is 83.6 Å². The Hall–Kier alpha value is -2.26. The van der Waals surface area contributed by atoms with E-state index in [-0.39, 0.29) is 34.7 Å². The number of nitrogens with one attached hydrogen (secondary N) is 2. The van der Waals surface area contributed by atoms with Crippen molar-refractivity contribution in [3.05, 3.63) is 85.0 Å². The molecular formula is C22H28N2O4S2. The van der Waals surface area contributed by atoms with Gasteiger partial charge in [0.25, 0.3) is 0 Å². The van der Waals surface area contributed by atoms with Crippen molar-refractivity contribution < 1.29 is 16.8 Å². The largest absolute Gasteiger partial charge is 0.240 e. The molecule has 0 aliphatic heterocycles. The minimum absolute atomic E-state index is 0.0724. The molecular weight excluding hydrogens is 420 g/mol. The van der Waals surface area contributed by atoms with Crippen molar-refractivity contribution in [3.8, 4) is 0 Å². The summed E-state index contributed by atoms with van der Waals surface area (Å²) in [5.74, 6) is -0.693. The zero-order chi connectivity index (χ0) is 22.4. The van der Waals surface area contributed by atoms with Gasteiger partial charge in [0.1, 0.15) is 0 Å². The van der Waals surface area contributed by atoms with Crippen LogP contribution in [0.4, 0.5) is 0 Å². The molecule has 2 rings (SSSR count). The average Bonchev–Trinajstić information content (AvgIpc) is 2.70. The summed E-state index contributed by atoms with van der Waals surface area (Å²) in [7, 11) is -7.40. The van der Waals surface area contributed by atoms with Crippen LogP contribution in [-0.2, 0) is 20.0 Å². The number of hydrogen-bond acceptors (Lipinski definition) is 4. The first-order chi connectivity index (χ1) is 14.1. The van der Waals surface area contributed by atoms with Gasteiger partial charge in [0.2, 0.25) is 20.0 Å². The summed E-state index contributed by atoms with van der Waals surface area (Å²) >= 11 is 0. The molecule has 2 atom stereocenters. The molecule has 0 amide bonds. The summed E-state index contributed by atoms with van der Waals surface area (Å²) < 4.78 is 55.8. The summed E-state index contributed by atoms with van der Waals surface area (Å²) in [6, 6.07) is 13.4. The van der Waals surface area contributed by atoms with E-state index in [1.807, 2.05) is 0 Å². The first-order valence-electron chi connectivity index (χ1n) is 9.48. The summed E-state index contributed by atoms with van der Waals surface area (Å²) in [4.78, 5) is 0.423. The zero-order valence-corrected chi connectivity index (χ0v) is 18.8. The standard InChI is InChI=1S/C22H28N2O4S2/c1-5-19(15-23-29(25,26)21-13-9-7-11-17(21)3)20(6-2)16-24-30(27,28)22-14-10-8-12-18(22)4/h5-14,19-20,23-24H,1-2,15-16H2,3-4H3/t19-,20-/m1/s1. The molecule has 0 fully saturated rings. The van der Waals surface area contributed by atoms with Crippen molar-refractivity contribution in [1.82, 2.24) is 9.44 Å². The van der Waals surface area contributed by atoms with Crippen LogP contribution >= 0.6 is 0 Å². The first kappa shape index (κ1) is 24.0. The second-order valence-corrected chi connectivity index (χ2v) is 10.5. The predicted molar refractivity (Wildman–Crippen MR) is 120 cm³/mol. The third-order valence-corrected chi connectivity index (χ3v) is 8.11. The number of sulfonamides is 2. The highest BCUT2D eigenvalue weighted by atomic mass is 32.2. The van der Waals surface area contributed by atoms with Crippen LogP contribution in [-0.4, -0.2) is 29.9 Å². The van der Waals surface area contributed by atoms with Gasteiger partial charge < -0.3 is 0 Å². The Morgan fingerprint density at radius 3 is 1.37 bits per heavy atom. The van der Waals surface area contributed by atoms with E-state index < -0.39 is 20.0 Å². The van der Waals surface area contributed by atoms with Gasteiger partial charge in [-0.15, -0.1) is 13.2 Å². The van der Waals surface area contributed by atoms with Crippen LogP contribution < -0.4 is 9.44 Å². The fourth-order valence-corrected chi connectivity index (χ4v) is 5.74. The van der Waals surface area contributed by atoms with E-state index in [4.69, 9.17) is 0 Å². The Kier molecular flexibility index (Phi) is 8.14. The minimum atomic E-state index is -3.70. The van der Waals surface area contributed by atoms with Crippen molar-refractivity contribution in [2.45, 2.75) is 23.6 Å². The van der Waals surface area contributed by atoms with E-state index in [2.05, 4.69) is 22.6 Å². The monoisotopic (exact) mass is 448 g/mol. The van der Waals surface area contributed by atoms with Crippen molar-refractivity contribution in [2.75, 3.05) is 13.1 Å². The molecule has 0 saturated carbocycles. The number of benzene rings is 2. The fourth-order valence-electron chi connectivity index (χ4n) is 3.10. The molecule has 2 N–H and O–H groups in total.